The lowest BCUT2D eigenvalue weighted by molar-refractivity contribution is -0.136. The molecule has 2 saturated heterocycles. The second-order valence-electron chi connectivity index (χ2n) is 10.00. The fraction of sp³-hybridized carbons (Fsp3) is 0.345. The molecule has 0 aliphatic carbocycles. The van der Waals surface area contributed by atoms with Crippen LogP contribution in [0.5, 0.6) is 5.75 Å². The number of fused-ring (bicyclic) bond motifs is 2. The first-order valence-corrected chi connectivity index (χ1v) is 15.2. The molecule has 42 heavy (non-hydrogen) atoms. The number of thiazole rings is 1. The molecule has 1 N–H and O–H groups in total. The molecular weight excluding hydrogens is 582 g/mol. The molecule has 0 bridgehead atoms. The fourth-order valence-corrected chi connectivity index (χ4v) is 8.37. The molecule has 2 aromatic carbocycles. The maximum Gasteiger partial charge on any atom is 0.338 e. The minimum Gasteiger partial charge on any atom is -0.508 e. The van der Waals surface area contributed by atoms with Gasteiger partial charge >= 0.3 is 10.8 Å². The maximum atomic E-state index is 14.0. The number of morpholine rings is 1. The molecule has 6 rings (SSSR count). The first kappa shape index (κ1) is 28.2. The summed E-state index contributed by atoms with van der Waals surface area (Å²) < 4.78 is 11.7. The van der Waals surface area contributed by atoms with Crippen LogP contribution in [0.1, 0.15) is 33.6 Å². The first-order valence-electron chi connectivity index (χ1n) is 13.5. The minimum absolute atomic E-state index is 0.0617. The molecule has 0 radical (unpaired) electrons. The van der Waals surface area contributed by atoms with Gasteiger partial charge in [-0.05, 0) is 37.3 Å². The van der Waals surface area contributed by atoms with Crippen molar-refractivity contribution in [3.05, 3.63) is 74.2 Å². The minimum atomic E-state index is -0.908. The van der Waals surface area contributed by atoms with Gasteiger partial charge in [-0.1, -0.05) is 41.3 Å². The molecule has 13 heteroatoms. The summed E-state index contributed by atoms with van der Waals surface area (Å²) in [6, 6.07) is 12.6. The van der Waals surface area contributed by atoms with E-state index in [1.165, 1.54) is 34.9 Å². The Bertz CT molecular complexity index is 1630. The highest BCUT2D eigenvalue weighted by Crippen LogP contribution is 2.55. The Labute approximate surface area is 248 Å². The second kappa shape index (κ2) is 11.4. The number of para-hydroxylation sites is 1. The summed E-state index contributed by atoms with van der Waals surface area (Å²) >= 11 is 2.03. The number of phenols is 1. The number of imide groups is 1. The third-order valence-electron chi connectivity index (χ3n) is 7.61. The Morgan fingerprint density at radius 2 is 1.74 bits per heavy atom. The van der Waals surface area contributed by atoms with E-state index in [2.05, 4.69) is 0 Å². The highest BCUT2D eigenvalue weighted by Gasteiger charge is 2.57. The van der Waals surface area contributed by atoms with Crippen molar-refractivity contribution in [1.82, 2.24) is 9.47 Å². The van der Waals surface area contributed by atoms with Crippen molar-refractivity contribution in [3.8, 4) is 5.75 Å². The second-order valence-corrected chi connectivity index (χ2v) is 12.1. The topological polar surface area (TPSA) is 135 Å². The van der Waals surface area contributed by atoms with Crippen LogP contribution in [-0.4, -0.2) is 76.4 Å². The zero-order valence-corrected chi connectivity index (χ0v) is 24.2. The molecule has 218 valence electrons. The van der Waals surface area contributed by atoms with Crippen molar-refractivity contribution in [3.63, 3.8) is 0 Å². The summed E-state index contributed by atoms with van der Waals surface area (Å²) in [6.07, 6.45) is 0. The van der Waals surface area contributed by atoms with Crippen LogP contribution >= 0.6 is 23.1 Å². The number of aromatic hydroxyl groups is 1. The standard InChI is InChI=1S/C29H27N3O8S2/c1-2-40-28(37)16-7-9-17(10-8-16)32-25(35)22-21(18-5-3-4-6-19(18)33)24-27(41-23(22)26(32)36)31(29(38)42-24)15-20(34)30-11-13-39-14-12-30/h3-10,21-23,33H,2,11-15H2,1H3/t21-,22?,23?/m0/s1. The lowest BCUT2D eigenvalue weighted by Crippen LogP contribution is -2.43. The number of amides is 3. The number of hydrogen-bond acceptors (Lipinski definition) is 10. The first-order chi connectivity index (χ1) is 20.3. The molecule has 0 saturated carbocycles. The zero-order chi connectivity index (χ0) is 29.5. The molecule has 11 nitrogen and oxygen atoms in total. The quantitative estimate of drug-likeness (QED) is 0.330. The van der Waals surface area contributed by atoms with Crippen LogP contribution in [0, 0.1) is 5.92 Å². The molecule has 1 aromatic heterocycles. The van der Waals surface area contributed by atoms with Gasteiger partial charge in [0, 0.05) is 29.4 Å². The number of nitrogens with zero attached hydrogens (tertiary/aromatic N) is 3. The van der Waals surface area contributed by atoms with E-state index in [4.69, 9.17) is 9.47 Å². The lowest BCUT2D eigenvalue weighted by atomic mass is 9.82. The number of thioether (sulfide) groups is 1. The summed E-state index contributed by atoms with van der Waals surface area (Å²) in [5.41, 5.74) is 1.00. The molecule has 2 unspecified atom stereocenters. The van der Waals surface area contributed by atoms with E-state index in [0.717, 1.165) is 28.0 Å². The molecule has 4 heterocycles. The molecule has 3 atom stereocenters. The molecule has 3 aromatic rings. The van der Waals surface area contributed by atoms with Crippen molar-refractivity contribution in [2.75, 3.05) is 37.8 Å². The van der Waals surface area contributed by atoms with Gasteiger partial charge in [0.15, 0.2) is 0 Å². The number of ether oxygens (including phenoxy) is 2. The van der Waals surface area contributed by atoms with Gasteiger partial charge in [-0.25, -0.2) is 9.69 Å². The number of hydrogen-bond donors (Lipinski definition) is 1. The monoisotopic (exact) mass is 609 g/mol. The number of carbonyl (C=O) groups is 4. The van der Waals surface area contributed by atoms with Crippen molar-refractivity contribution in [2.45, 2.75) is 29.7 Å². The van der Waals surface area contributed by atoms with E-state index in [1.54, 1.807) is 30.0 Å². The van der Waals surface area contributed by atoms with E-state index >= 15 is 0 Å². The maximum absolute atomic E-state index is 14.0. The van der Waals surface area contributed by atoms with E-state index in [0.29, 0.717) is 47.5 Å². The highest BCUT2D eigenvalue weighted by atomic mass is 32.2. The smallest absolute Gasteiger partial charge is 0.338 e. The zero-order valence-electron chi connectivity index (χ0n) is 22.6. The number of rotatable bonds is 6. The van der Waals surface area contributed by atoms with Crippen LogP contribution < -0.4 is 9.77 Å². The Kier molecular flexibility index (Phi) is 7.64. The summed E-state index contributed by atoms with van der Waals surface area (Å²) in [6.45, 7) is 3.40. The van der Waals surface area contributed by atoms with Crippen LogP contribution in [0.4, 0.5) is 5.69 Å². The van der Waals surface area contributed by atoms with Gasteiger partial charge in [-0.15, -0.1) is 0 Å². The third-order valence-corrected chi connectivity index (χ3v) is 10.2. The SMILES string of the molecule is CCOC(=O)c1ccc(N2C(=O)C3Sc4c(sc(=O)n4CC(=O)N4CCOCC4)[C@@H](c4ccccc4O)C3C2=O)cc1. The van der Waals surface area contributed by atoms with Crippen molar-refractivity contribution in [1.29, 1.82) is 0 Å². The van der Waals surface area contributed by atoms with Gasteiger partial charge in [0.1, 0.15) is 17.5 Å². The molecular formula is C29H27N3O8S2. The van der Waals surface area contributed by atoms with Crippen LogP contribution in [0.15, 0.2) is 58.4 Å². The van der Waals surface area contributed by atoms with E-state index in [9.17, 15) is 29.1 Å². The number of benzene rings is 2. The van der Waals surface area contributed by atoms with Gasteiger partial charge in [0.05, 0.1) is 42.0 Å². The van der Waals surface area contributed by atoms with Crippen LogP contribution in [0.2, 0.25) is 0 Å². The summed E-state index contributed by atoms with van der Waals surface area (Å²) in [7, 11) is 0. The Hall–Kier alpha value is -3.94. The summed E-state index contributed by atoms with van der Waals surface area (Å²) in [5, 5.41) is 10.4. The molecule has 3 aliphatic rings. The van der Waals surface area contributed by atoms with Gasteiger partial charge in [0.25, 0.3) is 0 Å². The van der Waals surface area contributed by atoms with Crippen LogP contribution in [0.3, 0.4) is 0 Å². The molecule has 3 aliphatic heterocycles. The van der Waals surface area contributed by atoms with E-state index < -0.39 is 34.9 Å². The number of phenolic OH excluding ortho intramolecular Hbond substituents is 1. The number of esters is 1. The Morgan fingerprint density at radius 1 is 1.02 bits per heavy atom. The summed E-state index contributed by atoms with van der Waals surface area (Å²) in [4.78, 5) is 69.3. The summed E-state index contributed by atoms with van der Waals surface area (Å²) in [5.74, 6) is -3.46. The molecule has 3 amide bonds. The Morgan fingerprint density at radius 3 is 2.43 bits per heavy atom. The fourth-order valence-electron chi connectivity index (χ4n) is 5.60. The normalized spacial score (nSPS) is 21.7. The van der Waals surface area contributed by atoms with Crippen molar-refractivity contribution in [2.24, 2.45) is 5.92 Å². The van der Waals surface area contributed by atoms with Crippen molar-refractivity contribution < 1.29 is 33.8 Å². The Balaban J connectivity index is 1.40. The average Bonchev–Trinajstić information content (AvgIpc) is 3.44. The predicted octanol–water partition coefficient (Wildman–Crippen LogP) is 2.45. The molecule has 2 fully saturated rings. The van der Waals surface area contributed by atoms with Gasteiger partial charge < -0.3 is 19.5 Å². The lowest BCUT2D eigenvalue weighted by Gasteiger charge is -2.31. The van der Waals surface area contributed by atoms with E-state index in [-0.39, 0.29) is 35.2 Å². The third kappa shape index (κ3) is 4.80. The van der Waals surface area contributed by atoms with Gasteiger partial charge in [0.2, 0.25) is 17.7 Å². The van der Waals surface area contributed by atoms with Crippen molar-refractivity contribution >= 4 is 52.5 Å². The number of carbonyl (C=O) groups excluding carboxylic acids is 4. The highest BCUT2D eigenvalue weighted by molar-refractivity contribution is 8.00. The number of anilines is 1. The molecule has 0 spiro atoms. The predicted molar refractivity (Wildman–Crippen MR) is 154 cm³/mol. The van der Waals surface area contributed by atoms with Crippen LogP contribution in [-0.2, 0) is 30.4 Å². The van der Waals surface area contributed by atoms with E-state index in [1.807, 2.05) is 0 Å². The van der Waals surface area contributed by atoms with Gasteiger partial charge in [-0.2, -0.15) is 0 Å². The van der Waals surface area contributed by atoms with Gasteiger partial charge in [-0.3, -0.25) is 23.7 Å². The largest absolute Gasteiger partial charge is 0.508 e. The average molecular weight is 610 g/mol. The number of aromatic nitrogens is 1. The van der Waals surface area contributed by atoms with Crippen LogP contribution in [0.25, 0.3) is 0 Å².